The molecule has 0 bridgehead atoms. The molecule has 0 radical (unpaired) electrons. The zero-order valence-electron chi connectivity index (χ0n) is 15.9. The molecule has 1 amide bonds. The molecule has 26 heavy (non-hydrogen) atoms. The van der Waals surface area contributed by atoms with E-state index in [1.165, 1.54) is 25.1 Å². The Morgan fingerprint density at radius 2 is 1.58 bits per heavy atom. The molecule has 3 nitrogen and oxygen atoms in total. The minimum atomic E-state index is 0.0185. The predicted octanol–water partition coefficient (Wildman–Crippen LogP) is 4.45. The van der Waals surface area contributed by atoms with Crippen molar-refractivity contribution in [3.05, 3.63) is 60.2 Å². The van der Waals surface area contributed by atoms with E-state index in [1.54, 1.807) is 0 Å². The molecule has 138 valence electrons. The van der Waals surface area contributed by atoms with Gasteiger partial charge in [0.1, 0.15) is 0 Å². The van der Waals surface area contributed by atoms with Gasteiger partial charge in [0.05, 0.1) is 0 Å². The number of benzene rings is 2. The molecule has 3 heteroatoms. The maximum atomic E-state index is 12.3. The Morgan fingerprint density at radius 3 is 2.23 bits per heavy atom. The van der Waals surface area contributed by atoms with Crippen LogP contribution in [0.5, 0.6) is 0 Å². The minimum absolute atomic E-state index is 0.0185. The number of nitrogens with one attached hydrogen (secondary N) is 1. The molecule has 0 aromatic heterocycles. The van der Waals surface area contributed by atoms with Crippen LogP contribution in [0.2, 0.25) is 0 Å². The smallest absolute Gasteiger partial charge is 0.251 e. The van der Waals surface area contributed by atoms with Gasteiger partial charge in [0.2, 0.25) is 0 Å². The van der Waals surface area contributed by atoms with Crippen molar-refractivity contribution < 1.29 is 4.79 Å². The summed E-state index contributed by atoms with van der Waals surface area (Å²) in [6.07, 6.45) is 2.35. The van der Waals surface area contributed by atoms with E-state index in [1.807, 2.05) is 42.5 Å². The van der Waals surface area contributed by atoms with Crippen LogP contribution in [0.15, 0.2) is 54.6 Å². The number of likely N-dealkylation sites (tertiary alicyclic amines) is 1. The fourth-order valence-corrected chi connectivity index (χ4v) is 4.03. The SMILES string of the molecule is C[C@H]1C[C@H](C)CN(CCCNC(=O)c2ccc(-c3ccccc3)cc2)C1. The Labute approximate surface area is 157 Å². The normalized spacial score (nSPS) is 20.7. The van der Waals surface area contributed by atoms with Crippen molar-refractivity contribution >= 4 is 5.91 Å². The molecular weight excluding hydrogens is 320 g/mol. The van der Waals surface area contributed by atoms with Crippen molar-refractivity contribution in [2.24, 2.45) is 11.8 Å². The van der Waals surface area contributed by atoms with Crippen molar-refractivity contribution in [1.29, 1.82) is 0 Å². The van der Waals surface area contributed by atoms with Crippen molar-refractivity contribution in [2.45, 2.75) is 26.7 Å². The fourth-order valence-electron chi connectivity index (χ4n) is 4.03. The quantitative estimate of drug-likeness (QED) is 0.781. The van der Waals surface area contributed by atoms with Gasteiger partial charge in [-0.25, -0.2) is 0 Å². The van der Waals surface area contributed by atoms with Gasteiger partial charge < -0.3 is 10.2 Å². The summed E-state index contributed by atoms with van der Waals surface area (Å²) in [5.74, 6) is 1.60. The average Bonchev–Trinajstić information content (AvgIpc) is 2.65. The third kappa shape index (κ3) is 5.18. The lowest BCUT2D eigenvalue weighted by Gasteiger charge is -2.34. The predicted molar refractivity (Wildman–Crippen MR) is 108 cm³/mol. The molecule has 2 aromatic carbocycles. The van der Waals surface area contributed by atoms with Gasteiger partial charge in [0.25, 0.3) is 5.91 Å². The number of piperidine rings is 1. The Kier molecular flexibility index (Phi) is 6.45. The van der Waals surface area contributed by atoms with E-state index in [0.717, 1.165) is 42.5 Å². The lowest BCUT2D eigenvalue weighted by Crippen LogP contribution is -2.40. The summed E-state index contributed by atoms with van der Waals surface area (Å²) in [5, 5.41) is 3.05. The van der Waals surface area contributed by atoms with Crippen LogP contribution >= 0.6 is 0 Å². The largest absolute Gasteiger partial charge is 0.352 e. The third-order valence-corrected chi connectivity index (χ3v) is 5.14. The van der Waals surface area contributed by atoms with Crippen LogP contribution in [-0.4, -0.2) is 37.0 Å². The highest BCUT2D eigenvalue weighted by Crippen LogP contribution is 2.21. The molecule has 0 spiro atoms. The van der Waals surface area contributed by atoms with Gasteiger partial charge in [-0.3, -0.25) is 4.79 Å². The van der Waals surface area contributed by atoms with Crippen LogP contribution in [0.1, 0.15) is 37.0 Å². The molecule has 1 N–H and O–H groups in total. The van der Waals surface area contributed by atoms with Gasteiger partial charge in [-0.15, -0.1) is 0 Å². The lowest BCUT2D eigenvalue weighted by atomic mass is 9.92. The summed E-state index contributed by atoms with van der Waals surface area (Å²) in [6, 6.07) is 18.1. The third-order valence-electron chi connectivity index (χ3n) is 5.14. The van der Waals surface area contributed by atoms with E-state index < -0.39 is 0 Å². The zero-order valence-corrected chi connectivity index (χ0v) is 15.9. The van der Waals surface area contributed by atoms with E-state index in [4.69, 9.17) is 0 Å². The van der Waals surface area contributed by atoms with Crippen LogP contribution in [0.25, 0.3) is 11.1 Å². The van der Waals surface area contributed by atoms with Crippen molar-refractivity contribution in [3.63, 3.8) is 0 Å². The molecule has 1 aliphatic heterocycles. The second-order valence-electron chi connectivity index (χ2n) is 7.76. The van der Waals surface area contributed by atoms with Crippen molar-refractivity contribution in [3.8, 4) is 11.1 Å². The Morgan fingerprint density at radius 1 is 0.962 bits per heavy atom. The molecule has 1 heterocycles. The van der Waals surface area contributed by atoms with E-state index in [-0.39, 0.29) is 5.91 Å². The van der Waals surface area contributed by atoms with Crippen LogP contribution in [0.4, 0.5) is 0 Å². The van der Waals surface area contributed by atoms with Crippen LogP contribution in [0.3, 0.4) is 0 Å². The van der Waals surface area contributed by atoms with Crippen molar-refractivity contribution in [2.75, 3.05) is 26.2 Å². The Bertz CT molecular complexity index is 686. The topological polar surface area (TPSA) is 32.3 Å². The summed E-state index contributed by atoms with van der Waals surface area (Å²) in [4.78, 5) is 14.9. The van der Waals surface area contributed by atoms with Gasteiger partial charge in [0.15, 0.2) is 0 Å². The first-order chi connectivity index (χ1) is 12.6. The molecule has 3 rings (SSSR count). The summed E-state index contributed by atoms with van der Waals surface area (Å²) in [5.41, 5.74) is 3.03. The first-order valence-electron chi connectivity index (χ1n) is 9.78. The highest BCUT2D eigenvalue weighted by Gasteiger charge is 2.21. The number of hydrogen-bond acceptors (Lipinski definition) is 2. The summed E-state index contributed by atoms with van der Waals surface area (Å²) < 4.78 is 0. The van der Waals surface area contributed by atoms with Crippen LogP contribution in [0, 0.1) is 11.8 Å². The lowest BCUT2D eigenvalue weighted by molar-refractivity contribution is 0.0947. The first kappa shape index (κ1) is 18.7. The van der Waals surface area contributed by atoms with Crippen molar-refractivity contribution in [1.82, 2.24) is 10.2 Å². The Balaban J connectivity index is 1.43. The van der Waals surface area contributed by atoms with Gasteiger partial charge in [0, 0.05) is 25.2 Å². The molecule has 0 saturated carbocycles. The number of hydrogen-bond donors (Lipinski definition) is 1. The zero-order chi connectivity index (χ0) is 18.4. The summed E-state index contributed by atoms with van der Waals surface area (Å²) in [7, 11) is 0. The molecule has 1 fully saturated rings. The maximum absolute atomic E-state index is 12.3. The molecule has 2 aromatic rings. The number of rotatable bonds is 6. The van der Waals surface area contributed by atoms with Gasteiger partial charge >= 0.3 is 0 Å². The van der Waals surface area contributed by atoms with E-state index in [0.29, 0.717) is 0 Å². The average molecular weight is 351 g/mol. The second-order valence-corrected chi connectivity index (χ2v) is 7.76. The Hall–Kier alpha value is -2.13. The highest BCUT2D eigenvalue weighted by atomic mass is 16.1. The van der Waals surface area contributed by atoms with Gasteiger partial charge in [-0.05, 0) is 54.5 Å². The number of carbonyl (C=O) groups excluding carboxylic acids is 1. The maximum Gasteiger partial charge on any atom is 0.251 e. The van der Waals surface area contributed by atoms with Gasteiger partial charge in [-0.1, -0.05) is 56.3 Å². The van der Waals surface area contributed by atoms with E-state index >= 15 is 0 Å². The molecule has 2 atom stereocenters. The van der Waals surface area contributed by atoms with Crippen LogP contribution < -0.4 is 5.32 Å². The monoisotopic (exact) mass is 350 g/mol. The van der Waals surface area contributed by atoms with E-state index in [2.05, 4.69) is 36.2 Å². The summed E-state index contributed by atoms with van der Waals surface area (Å²) in [6.45, 7) is 8.87. The molecular formula is C23H30N2O. The molecule has 0 unspecified atom stereocenters. The number of carbonyl (C=O) groups is 1. The fraction of sp³-hybridized carbons (Fsp3) is 0.435. The minimum Gasteiger partial charge on any atom is -0.352 e. The first-order valence-corrected chi connectivity index (χ1v) is 9.78. The highest BCUT2D eigenvalue weighted by molar-refractivity contribution is 5.94. The van der Waals surface area contributed by atoms with E-state index in [9.17, 15) is 4.79 Å². The number of amides is 1. The van der Waals surface area contributed by atoms with Crippen LogP contribution in [-0.2, 0) is 0 Å². The number of nitrogens with zero attached hydrogens (tertiary/aromatic N) is 1. The summed E-state index contributed by atoms with van der Waals surface area (Å²) >= 11 is 0. The molecule has 0 aliphatic carbocycles. The molecule has 1 saturated heterocycles. The molecule has 1 aliphatic rings. The standard InChI is InChI=1S/C23H30N2O/c1-18-15-19(2)17-25(16-18)14-6-13-24-23(26)22-11-9-21(10-12-22)20-7-4-3-5-8-20/h3-5,7-12,18-19H,6,13-17H2,1-2H3,(H,24,26)/t18-,19-/m0/s1. The second kappa shape index (κ2) is 9.00. The van der Waals surface area contributed by atoms with Gasteiger partial charge in [-0.2, -0.15) is 0 Å².